The molecule has 420 valence electrons. The van der Waals surface area contributed by atoms with Crippen molar-refractivity contribution in [3.63, 3.8) is 0 Å². The van der Waals surface area contributed by atoms with Crippen molar-refractivity contribution in [1.82, 2.24) is 0 Å². The Kier molecular flexibility index (Phi) is 20.6. The van der Waals surface area contributed by atoms with Crippen LogP contribution in [0.4, 0.5) is 0 Å². The molecule has 2 fully saturated rings. The van der Waals surface area contributed by atoms with Crippen LogP contribution in [0.2, 0.25) is 0 Å². The van der Waals surface area contributed by atoms with Crippen molar-refractivity contribution in [3.05, 3.63) is 287 Å². The predicted molar refractivity (Wildman–Crippen MR) is 303 cm³/mol. The molecule has 2 heterocycles. The molecule has 2 aliphatic rings. The van der Waals surface area contributed by atoms with Gasteiger partial charge in [-0.05, 0) is 64.2 Å². The summed E-state index contributed by atoms with van der Waals surface area (Å²) in [5.74, 6) is -2.24. The van der Waals surface area contributed by atoms with Crippen molar-refractivity contribution >= 4 is 17.9 Å². The molecule has 10 rings (SSSR count). The average Bonchev–Trinajstić information content (AvgIpc) is 3.55. The van der Waals surface area contributed by atoms with Crippen molar-refractivity contribution in [2.24, 2.45) is 0 Å². The van der Waals surface area contributed by atoms with Gasteiger partial charge in [0.25, 0.3) is 0 Å². The van der Waals surface area contributed by atoms with Crippen molar-refractivity contribution in [3.8, 4) is 0 Å². The van der Waals surface area contributed by atoms with E-state index in [1.54, 1.807) is 91.0 Å². The molecule has 0 spiro atoms. The van der Waals surface area contributed by atoms with Gasteiger partial charge in [-0.25, -0.2) is 14.4 Å². The van der Waals surface area contributed by atoms with Crippen LogP contribution in [0, 0.1) is 0 Å². The van der Waals surface area contributed by atoms with Crippen molar-refractivity contribution in [2.45, 2.75) is 94.4 Å². The summed E-state index contributed by atoms with van der Waals surface area (Å²) in [6.07, 6.45) is -13.1. The van der Waals surface area contributed by atoms with Crippen LogP contribution in [0.3, 0.4) is 0 Å². The lowest BCUT2D eigenvalue weighted by Gasteiger charge is -2.49. The van der Waals surface area contributed by atoms with Gasteiger partial charge in [0.15, 0.2) is 30.9 Å². The Labute approximate surface area is 477 Å². The van der Waals surface area contributed by atoms with Gasteiger partial charge in [0.05, 0.1) is 62.9 Å². The van der Waals surface area contributed by atoms with E-state index in [0.717, 1.165) is 27.8 Å². The highest BCUT2D eigenvalue weighted by molar-refractivity contribution is 5.91. The number of rotatable bonds is 25. The summed E-state index contributed by atoms with van der Waals surface area (Å²) in [4.78, 5) is 43.8. The lowest BCUT2D eigenvalue weighted by atomic mass is 9.95. The molecule has 0 saturated carbocycles. The molecule has 10 atom stereocenters. The molecule has 0 unspecified atom stereocenters. The molecule has 14 nitrogen and oxygen atoms in total. The Hall–Kier alpha value is -8.15. The van der Waals surface area contributed by atoms with Gasteiger partial charge in [-0.2, -0.15) is 0 Å². The highest BCUT2D eigenvalue weighted by Crippen LogP contribution is 2.37. The lowest BCUT2D eigenvalue weighted by molar-refractivity contribution is -0.365. The molecule has 82 heavy (non-hydrogen) atoms. The minimum Gasteiger partial charge on any atom is -0.452 e. The minimum absolute atomic E-state index is 0.00603. The summed E-state index contributed by atoms with van der Waals surface area (Å²) in [5, 5.41) is 0. The monoisotopic (exact) mass is 1100 g/mol. The number of hydrogen-bond donors (Lipinski definition) is 0. The summed E-state index contributed by atoms with van der Waals surface area (Å²) in [6.45, 7) is 0.316. The summed E-state index contributed by atoms with van der Waals surface area (Å²) in [6, 6.07) is 73.3. The molecule has 2 saturated heterocycles. The van der Waals surface area contributed by atoms with Crippen molar-refractivity contribution < 1.29 is 66.5 Å². The number of hydrogen-bond acceptors (Lipinski definition) is 14. The third-order valence-electron chi connectivity index (χ3n) is 13.8. The van der Waals surface area contributed by atoms with E-state index >= 15 is 0 Å². The second-order valence-corrected chi connectivity index (χ2v) is 19.7. The maximum Gasteiger partial charge on any atom is 0.338 e. The Morgan fingerprint density at radius 1 is 0.293 bits per heavy atom. The van der Waals surface area contributed by atoms with Crippen LogP contribution < -0.4 is 0 Å². The van der Waals surface area contributed by atoms with Crippen molar-refractivity contribution in [1.29, 1.82) is 0 Å². The Bertz CT molecular complexity index is 3160. The Morgan fingerprint density at radius 3 is 0.976 bits per heavy atom. The molecular formula is C68H64O14. The topological polar surface area (TPSA) is 153 Å². The highest BCUT2D eigenvalue weighted by atomic mass is 16.8. The van der Waals surface area contributed by atoms with Crippen LogP contribution in [0.1, 0.15) is 58.9 Å². The second-order valence-electron chi connectivity index (χ2n) is 19.7. The SMILES string of the molecule is O=C(O[C@@H]1[C@@H](OC(=O)c2ccccc2)[C@@H](OCc2ccccc2)O[C@H](COCc2ccccc2)[C@H]1O[C@H]1O[C@H](COCc2ccccc2)[C@@H](OCc2ccccc2)[C@H](OCc2ccccc2)[C@@H]1OC(=O)c1ccccc1)c1ccccc1. The van der Waals surface area contributed by atoms with Crippen LogP contribution in [0.15, 0.2) is 243 Å². The van der Waals surface area contributed by atoms with Gasteiger partial charge in [-0.1, -0.05) is 206 Å². The van der Waals surface area contributed by atoms with Crippen LogP contribution in [0.5, 0.6) is 0 Å². The van der Waals surface area contributed by atoms with Gasteiger partial charge >= 0.3 is 17.9 Å². The fourth-order valence-electron chi connectivity index (χ4n) is 9.68. The molecule has 0 aromatic heterocycles. The van der Waals surface area contributed by atoms with E-state index in [-0.39, 0.29) is 62.9 Å². The van der Waals surface area contributed by atoms with Crippen LogP contribution in [-0.2, 0) is 85.1 Å². The summed E-state index contributed by atoms with van der Waals surface area (Å²) >= 11 is 0. The van der Waals surface area contributed by atoms with Gasteiger partial charge in [-0.15, -0.1) is 0 Å². The normalized spacial score (nSPS) is 22.3. The van der Waals surface area contributed by atoms with Crippen molar-refractivity contribution in [2.75, 3.05) is 13.2 Å². The zero-order valence-corrected chi connectivity index (χ0v) is 45.0. The van der Waals surface area contributed by atoms with E-state index in [1.807, 2.05) is 152 Å². The van der Waals surface area contributed by atoms with E-state index in [9.17, 15) is 14.4 Å². The van der Waals surface area contributed by atoms with E-state index in [2.05, 4.69) is 0 Å². The van der Waals surface area contributed by atoms with E-state index in [1.165, 1.54) is 0 Å². The molecule has 0 bridgehead atoms. The Morgan fingerprint density at radius 2 is 0.585 bits per heavy atom. The molecule has 8 aromatic rings. The summed E-state index contributed by atoms with van der Waals surface area (Å²) < 4.78 is 74.6. The molecule has 8 aromatic carbocycles. The maximum absolute atomic E-state index is 14.7. The van der Waals surface area contributed by atoms with Gasteiger partial charge in [0.1, 0.15) is 30.5 Å². The molecular weight excluding hydrogens is 1040 g/mol. The first-order chi connectivity index (χ1) is 40.4. The molecule has 0 N–H and O–H groups in total. The standard InChI is InChI=1S/C68H64O14/c69-64(53-35-19-6-20-36-53)79-61-59(57(47-73-42-49-27-11-2-12-28-49)77-67(76-45-52-33-17-5-18-34-52)63(61)81-66(71)55-39-23-8-24-40-55)82-68-62(80-65(70)54-37-21-7-22-38-54)60(75-44-51-31-15-4-16-32-51)58(74-43-50-29-13-3-14-30-50)56(78-68)46-72-41-48-25-9-1-10-26-48/h1-40,56-63,67-68H,41-47H2/t56-,57-,58-,59-,60+,61+,62+,63-,67+,68-/m1/s1. The summed E-state index contributed by atoms with van der Waals surface area (Å²) in [5.41, 5.74) is 4.93. The van der Waals surface area contributed by atoms with Crippen LogP contribution >= 0.6 is 0 Å². The number of esters is 3. The van der Waals surface area contributed by atoms with Crippen LogP contribution in [0.25, 0.3) is 0 Å². The third kappa shape index (κ3) is 15.8. The fourth-order valence-corrected chi connectivity index (χ4v) is 9.68. The molecule has 2 aliphatic heterocycles. The van der Waals surface area contributed by atoms with E-state index < -0.39 is 79.3 Å². The fraction of sp³-hybridized carbons (Fsp3) is 0.250. The quantitative estimate of drug-likeness (QED) is 0.0394. The highest BCUT2D eigenvalue weighted by Gasteiger charge is 2.57. The van der Waals surface area contributed by atoms with Crippen LogP contribution in [-0.4, -0.2) is 92.5 Å². The molecule has 0 radical (unpaired) electrons. The first-order valence-corrected chi connectivity index (χ1v) is 27.4. The zero-order chi connectivity index (χ0) is 56.1. The molecule has 0 aliphatic carbocycles. The zero-order valence-electron chi connectivity index (χ0n) is 45.0. The van der Waals surface area contributed by atoms with Gasteiger partial charge in [0.2, 0.25) is 0 Å². The second kappa shape index (κ2) is 29.5. The number of carbonyl (C=O) groups is 3. The van der Waals surface area contributed by atoms with Gasteiger partial charge in [0, 0.05) is 0 Å². The first kappa shape index (κ1) is 57.1. The van der Waals surface area contributed by atoms with Gasteiger partial charge < -0.3 is 52.1 Å². The summed E-state index contributed by atoms with van der Waals surface area (Å²) in [7, 11) is 0. The first-order valence-electron chi connectivity index (χ1n) is 27.4. The van der Waals surface area contributed by atoms with E-state index in [0.29, 0.717) is 0 Å². The smallest absolute Gasteiger partial charge is 0.338 e. The average molecular weight is 1110 g/mol. The molecule has 14 heteroatoms. The number of ether oxygens (including phenoxy) is 11. The third-order valence-corrected chi connectivity index (χ3v) is 13.8. The minimum atomic E-state index is -1.56. The number of carbonyl (C=O) groups excluding carboxylic acids is 3. The van der Waals surface area contributed by atoms with E-state index in [4.69, 9.17) is 52.1 Å². The largest absolute Gasteiger partial charge is 0.452 e. The Balaban J connectivity index is 1.09. The number of benzene rings is 8. The molecule has 0 amide bonds. The maximum atomic E-state index is 14.7. The predicted octanol–water partition coefficient (Wildman–Crippen LogP) is 11.3. The van der Waals surface area contributed by atoms with Gasteiger partial charge in [-0.3, -0.25) is 0 Å². The lowest BCUT2D eigenvalue weighted by Crippen LogP contribution is -2.67.